The van der Waals surface area contributed by atoms with Gasteiger partial charge in [-0.2, -0.15) is 0 Å². The Labute approximate surface area is 105 Å². The Hall–Kier alpha value is -0.610. The first kappa shape index (κ1) is 14.5. The number of likely N-dealkylation sites (tertiary alicyclic amines) is 1. The number of amides is 1. The van der Waals surface area contributed by atoms with Crippen molar-refractivity contribution in [1.82, 2.24) is 10.2 Å². The molecule has 0 spiro atoms. The highest BCUT2D eigenvalue weighted by atomic mass is 16.5. The Kier molecular flexibility index (Phi) is 5.40. The summed E-state index contributed by atoms with van der Waals surface area (Å²) in [7, 11) is 3.58. The molecule has 0 aliphatic carbocycles. The van der Waals surface area contributed by atoms with E-state index < -0.39 is 5.60 Å². The molecule has 1 aliphatic rings. The van der Waals surface area contributed by atoms with Crippen molar-refractivity contribution in [3.63, 3.8) is 0 Å². The van der Waals surface area contributed by atoms with Crippen LogP contribution in [0.4, 0.5) is 0 Å². The Morgan fingerprint density at radius 3 is 2.47 bits per heavy atom. The minimum atomic E-state index is -0.683. The monoisotopic (exact) mass is 242 g/mol. The molecule has 1 N–H and O–H groups in total. The molecule has 100 valence electrons. The van der Waals surface area contributed by atoms with Gasteiger partial charge < -0.3 is 15.0 Å². The second kappa shape index (κ2) is 6.36. The molecule has 0 unspecified atom stereocenters. The van der Waals surface area contributed by atoms with Gasteiger partial charge >= 0.3 is 0 Å². The number of hydrogen-bond donors (Lipinski definition) is 1. The van der Waals surface area contributed by atoms with Crippen LogP contribution in [0, 0.1) is 5.92 Å². The number of carbonyl (C=O) groups is 1. The largest absolute Gasteiger partial charge is 0.369 e. The molecule has 1 fully saturated rings. The average molecular weight is 242 g/mol. The van der Waals surface area contributed by atoms with Crippen LogP contribution in [0.1, 0.15) is 33.1 Å². The fourth-order valence-electron chi connectivity index (χ4n) is 2.24. The van der Waals surface area contributed by atoms with Crippen molar-refractivity contribution in [1.29, 1.82) is 0 Å². The molecule has 0 bridgehead atoms. The maximum absolute atomic E-state index is 12.2. The highest BCUT2D eigenvalue weighted by Gasteiger charge is 2.33. The number of nitrogens with one attached hydrogen (secondary N) is 1. The molecule has 0 saturated carbocycles. The van der Waals surface area contributed by atoms with Crippen molar-refractivity contribution in [2.45, 2.75) is 38.7 Å². The van der Waals surface area contributed by atoms with Gasteiger partial charge in [0.05, 0.1) is 0 Å². The number of ether oxygens (including phenoxy) is 1. The lowest BCUT2D eigenvalue weighted by molar-refractivity contribution is -0.152. The lowest BCUT2D eigenvalue weighted by atomic mass is 9.92. The third kappa shape index (κ3) is 3.96. The first-order valence-corrected chi connectivity index (χ1v) is 6.50. The molecule has 0 atom stereocenters. The van der Waals surface area contributed by atoms with Crippen LogP contribution in [-0.2, 0) is 9.53 Å². The molecule has 17 heavy (non-hydrogen) atoms. The standard InChI is InChI=1S/C13H26N2O2/c1-13(2,17-4)12(16)15-9-6-11(7-10-15)5-8-14-3/h11,14H,5-10H2,1-4H3. The predicted molar refractivity (Wildman–Crippen MR) is 68.9 cm³/mol. The molecule has 1 heterocycles. The highest BCUT2D eigenvalue weighted by Crippen LogP contribution is 2.23. The van der Waals surface area contributed by atoms with E-state index >= 15 is 0 Å². The summed E-state index contributed by atoms with van der Waals surface area (Å²) in [6.07, 6.45) is 3.45. The molecular weight excluding hydrogens is 216 g/mol. The van der Waals surface area contributed by atoms with Crippen LogP contribution in [0.5, 0.6) is 0 Å². The number of hydrogen-bond acceptors (Lipinski definition) is 3. The minimum absolute atomic E-state index is 0.118. The van der Waals surface area contributed by atoms with Crippen molar-refractivity contribution in [3.8, 4) is 0 Å². The van der Waals surface area contributed by atoms with Crippen LogP contribution >= 0.6 is 0 Å². The maximum atomic E-state index is 12.2. The minimum Gasteiger partial charge on any atom is -0.369 e. The quantitative estimate of drug-likeness (QED) is 0.789. The van der Waals surface area contributed by atoms with E-state index in [1.54, 1.807) is 7.11 Å². The summed E-state index contributed by atoms with van der Waals surface area (Å²) >= 11 is 0. The van der Waals surface area contributed by atoms with Crippen molar-refractivity contribution in [2.24, 2.45) is 5.92 Å². The second-order valence-electron chi connectivity index (χ2n) is 5.34. The van der Waals surface area contributed by atoms with Gasteiger partial charge in [-0.25, -0.2) is 0 Å². The number of carbonyl (C=O) groups excluding carboxylic acids is 1. The summed E-state index contributed by atoms with van der Waals surface area (Å²) < 4.78 is 5.24. The highest BCUT2D eigenvalue weighted by molar-refractivity contribution is 5.84. The fraction of sp³-hybridized carbons (Fsp3) is 0.923. The van der Waals surface area contributed by atoms with Crippen molar-refractivity contribution >= 4 is 5.91 Å². The smallest absolute Gasteiger partial charge is 0.254 e. The molecule has 4 nitrogen and oxygen atoms in total. The topological polar surface area (TPSA) is 41.6 Å². The SMILES string of the molecule is CNCCC1CCN(C(=O)C(C)(C)OC)CC1. The molecule has 4 heteroatoms. The third-order valence-corrected chi connectivity index (χ3v) is 3.73. The lowest BCUT2D eigenvalue weighted by Crippen LogP contribution is -2.49. The molecule has 0 radical (unpaired) electrons. The fourth-order valence-corrected chi connectivity index (χ4v) is 2.24. The third-order valence-electron chi connectivity index (χ3n) is 3.73. The molecule has 0 aromatic carbocycles. The predicted octanol–water partition coefficient (Wildman–Crippen LogP) is 1.26. The van der Waals surface area contributed by atoms with E-state index in [1.807, 2.05) is 25.8 Å². The van der Waals surface area contributed by atoms with Gasteiger partial charge in [0.2, 0.25) is 0 Å². The molecule has 0 aromatic rings. The zero-order chi connectivity index (χ0) is 12.9. The van der Waals surface area contributed by atoms with Gasteiger partial charge in [0.15, 0.2) is 0 Å². The van der Waals surface area contributed by atoms with E-state index in [9.17, 15) is 4.79 Å². The van der Waals surface area contributed by atoms with E-state index in [4.69, 9.17) is 4.74 Å². The van der Waals surface area contributed by atoms with Crippen LogP contribution in [0.2, 0.25) is 0 Å². The maximum Gasteiger partial charge on any atom is 0.254 e. The van der Waals surface area contributed by atoms with Crippen molar-refractivity contribution < 1.29 is 9.53 Å². The van der Waals surface area contributed by atoms with E-state index in [2.05, 4.69) is 5.32 Å². The molecule has 1 amide bonds. The lowest BCUT2D eigenvalue weighted by Gasteiger charge is -2.36. The van der Waals surface area contributed by atoms with Crippen molar-refractivity contribution in [3.05, 3.63) is 0 Å². The summed E-state index contributed by atoms with van der Waals surface area (Å²) in [5.41, 5.74) is -0.683. The van der Waals surface area contributed by atoms with Gasteiger partial charge in [0.1, 0.15) is 5.60 Å². The Balaban J connectivity index is 2.39. The van der Waals surface area contributed by atoms with Crippen LogP contribution in [0.3, 0.4) is 0 Å². The number of rotatable bonds is 5. The molecule has 1 rings (SSSR count). The Morgan fingerprint density at radius 1 is 1.41 bits per heavy atom. The van der Waals surface area contributed by atoms with Crippen LogP contribution < -0.4 is 5.32 Å². The molecule has 0 aromatic heterocycles. The van der Waals surface area contributed by atoms with Crippen LogP contribution in [0.15, 0.2) is 0 Å². The number of methoxy groups -OCH3 is 1. The zero-order valence-corrected chi connectivity index (χ0v) is 11.6. The Bertz CT molecular complexity index is 246. The van der Waals surface area contributed by atoms with Gasteiger partial charge in [-0.15, -0.1) is 0 Å². The summed E-state index contributed by atoms with van der Waals surface area (Å²) in [4.78, 5) is 14.1. The first-order valence-electron chi connectivity index (χ1n) is 6.50. The Morgan fingerprint density at radius 2 is 2.00 bits per heavy atom. The van der Waals surface area contributed by atoms with Gasteiger partial charge in [-0.05, 0) is 52.6 Å². The van der Waals surface area contributed by atoms with E-state index in [1.165, 1.54) is 6.42 Å². The van der Waals surface area contributed by atoms with E-state index in [0.717, 1.165) is 38.4 Å². The van der Waals surface area contributed by atoms with Gasteiger partial charge in [-0.3, -0.25) is 4.79 Å². The first-order chi connectivity index (χ1) is 8.01. The van der Waals surface area contributed by atoms with Crippen LogP contribution in [0.25, 0.3) is 0 Å². The van der Waals surface area contributed by atoms with E-state index in [0.29, 0.717) is 0 Å². The summed E-state index contributed by atoms with van der Waals surface area (Å²) in [6, 6.07) is 0. The van der Waals surface area contributed by atoms with Crippen molar-refractivity contribution in [2.75, 3.05) is 33.8 Å². The molecular formula is C13H26N2O2. The molecule has 1 aliphatic heterocycles. The number of nitrogens with zero attached hydrogens (tertiary/aromatic N) is 1. The van der Waals surface area contributed by atoms with E-state index in [-0.39, 0.29) is 5.91 Å². The van der Waals surface area contributed by atoms with Gasteiger partial charge in [0, 0.05) is 20.2 Å². The zero-order valence-electron chi connectivity index (χ0n) is 11.6. The summed E-state index contributed by atoms with van der Waals surface area (Å²) in [5.74, 6) is 0.879. The van der Waals surface area contributed by atoms with Gasteiger partial charge in [-0.1, -0.05) is 0 Å². The molecule has 1 saturated heterocycles. The summed E-state index contributed by atoms with van der Waals surface area (Å²) in [5, 5.41) is 3.18. The van der Waals surface area contributed by atoms with Gasteiger partial charge in [0.25, 0.3) is 5.91 Å². The number of piperidine rings is 1. The summed E-state index contributed by atoms with van der Waals surface area (Å²) in [6.45, 7) is 6.49. The normalized spacial score (nSPS) is 18.5. The second-order valence-corrected chi connectivity index (χ2v) is 5.34. The van der Waals surface area contributed by atoms with Crippen LogP contribution in [-0.4, -0.2) is 50.2 Å². The average Bonchev–Trinajstić information content (AvgIpc) is 2.36.